The highest BCUT2D eigenvalue weighted by molar-refractivity contribution is 6.45. The van der Waals surface area contributed by atoms with Crippen molar-refractivity contribution in [3.05, 3.63) is 27.9 Å². The number of halogens is 5. The molecule has 2 heterocycles. The van der Waals surface area contributed by atoms with E-state index in [1.165, 1.54) is 11.0 Å². The molecule has 2 aliphatic carbocycles. The van der Waals surface area contributed by atoms with Crippen LogP contribution in [-0.4, -0.2) is 58.3 Å². The fraction of sp³-hybridized carbons (Fsp3) is 0.571. The molecular formula is C28H30Cl2F3N3O5. The first-order valence-corrected chi connectivity index (χ1v) is 14.6. The van der Waals surface area contributed by atoms with Crippen molar-refractivity contribution in [1.29, 1.82) is 0 Å². The van der Waals surface area contributed by atoms with E-state index in [2.05, 4.69) is 15.0 Å². The first-order valence-electron chi connectivity index (χ1n) is 13.8. The maximum atomic E-state index is 13.8. The summed E-state index contributed by atoms with van der Waals surface area (Å²) >= 11 is 12.3. The van der Waals surface area contributed by atoms with Crippen LogP contribution in [0.5, 0.6) is 5.75 Å². The van der Waals surface area contributed by atoms with E-state index in [0.29, 0.717) is 12.8 Å². The number of nitrogens with one attached hydrogen (secondary N) is 2. The van der Waals surface area contributed by atoms with Gasteiger partial charge in [0.05, 0.1) is 21.6 Å². The number of aromatic nitrogens is 1. The third kappa shape index (κ3) is 5.93. The molecule has 0 bridgehead atoms. The molecule has 2 saturated carbocycles. The molecule has 222 valence electrons. The van der Waals surface area contributed by atoms with Crippen molar-refractivity contribution in [3.8, 4) is 5.75 Å². The number of fused-ring (bicyclic) bond motifs is 2. The summed E-state index contributed by atoms with van der Waals surface area (Å²) in [5, 5.41) is 2.49. The lowest BCUT2D eigenvalue weighted by Gasteiger charge is -2.29. The van der Waals surface area contributed by atoms with Crippen LogP contribution in [0, 0.1) is 17.8 Å². The van der Waals surface area contributed by atoms with E-state index < -0.39 is 36.0 Å². The molecule has 5 atom stereocenters. The number of H-pyrrole nitrogens is 1. The van der Waals surface area contributed by atoms with Gasteiger partial charge in [-0.2, -0.15) is 0 Å². The predicted molar refractivity (Wildman–Crippen MR) is 145 cm³/mol. The lowest BCUT2D eigenvalue weighted by molar-refractivity contribution is -0.274. The number of amides is 2. The number of nitrogens with zero attached hydrogens (tertiary/aromatic N) is 1. The summed E-state index contributed by atoms with van der Waals surface area (Å²) in [6.45, 7) is 1.98. The SMILES string of the molecule is CCC(=O)[C@H](C[C@@H]1CCCC1=O)NC(=O)[C@@H]1[C@H]2CCC[C@H]2CN1C(=O)c1cc2c(OC(F)(F)F)cc(Cl)c(Cl)c2[nH]1. The molecule has 0 spiro atoms. The van der Waals surface area contributed by atoms with E-state index in [4.69, 9.17) is 23.2 Å². The van der Waals surface area contributed by atoms with Crippen molar-refractivity contribution in [2.75, 3.05) is 6.54 Å². The highest BCUT2D eigenvalue weighted by Gasteiger charge is 2.50. The highest BCUT2D eigenvalue weighted by atomic mass is 35.5. The minimum atomic E-state index is -5.00. The Labute approximate surface area is 244 Å². The fourth-order valence-corrected chi connectivity index (χ4v) is 7.12. The lowest BCUT2D eigenvalue weighted by Crippen LogP contribution is -2.53. The normalized spacial score (nSPS) is 25.0. The third-order valence-corrected chi connectivity index (χ3v) is 9.44. The van der Waals surface area contributed by atoms with Crippen LogP contribution >= 0.6 is 23.2 Å². The molecule has 3 fully saturated rings. The number of likely N-dealkylation sites (tertiary alicyclic amines) is 1. The molecule has 0 radical (unpaired) electrons. The van der Waals surface area contributed by atoms with Gasteiger partial charge in [0.15, 0.2) is 5.78 Å². The van der Waals surface area contributed by atoms with E-state index in [1.807, 2.05) is 0 Å². The molecule has 41 heavy (non-hydrogen) atoms. The Morgan fingerprint density at radius 3 is 2.59 bits per heavy atom. The van der Waals surface area contributed by atoms with Gasteiger partial charge < -0.3 is 19.9 Å². The summed E-state index contributed by atoms with van der Waals surface area (Å²) in [7, 11) is 0. The van der Waals surface area contributed by atoms with Crippen molar-refractivity contribution >= 4 is 57.5 Å². The average Bonchev–Trinajstić information content (AvgIpc) is 3.69. The second-order valence-corrected chi connectivity index (χ2v) is 11.9. The van der Waals surface area contributed by atoms with Crippen LogP contribution in [-0.2, 0) is 14.4 Å². The lowest BCUT2D eigenvalue weighted by atomic mass is 9.91. The Morgan fingerprint density at radius 1 is 1.17 bits per heavy atom. The van der Waals surface area contributed by atoms with E-state index >= 15 is 0 Å². The monoisotopic (exact) mass is 615 g/mol. The molecule has 5 rings (SSSR count). The molecule has 13 heteroatoms. The topological polar surface area (TPSA) is 109 Å². The number of hydrogen-bond donors (Lipinski definition) is 2. The van der Waals surface area contributed by atoms with E-state index in [9.17, 15) is 32.3 Å². The maximum Gasteiger partial charge on any atom is 0.573 e. The number of carbonyl (C=O) groups is 4. The number of carbonyl (C=O) groups excluding carboxylic acids is 4. The molecule has 1 aromatic heterocycles. The van der Waals surface area contributed by atoms with Crippen molar-refractivity contribution in [1.82, 2.24) is 15.2 Å². The molecule has 3 aliphatic rings. The zero-order valence-corrected chi connectivity index (χ0v) is 23.8. The molecular weight excluding hydrogens is 586 g/mol. The van der Waals surface area contributed by atoms with Gasteiger partial charge in [0.25, 0.3) is 5.91 Å². The molecule has 2 aromatic rings. The smallest absolute Gasteiger partial charge is 0.405 e. The summed E-state index contributed by atoms with van der Waals surface area (Å²) < 4.78 is 43.3. The van der Waals surface area contributed by atoms with Gasteiger partial charge in [-0.05, 0) is 50.0 Å². The second-order valence-electron chi connectivity index (χ2n) is 11.1. The van der Waals surface area contributed by atoms with Gasteiger partial charge in [0, 0.05) is 36.8 Å². The number of rotatable bonds is 8. The Hall–Kier alpha value is -2.79. The summed E-state index contributed by atoms with van der Waals surface area (Å²) in [6, 6.07) is 0.420. The minimum Gasteiger partial charge on any atom is -0.405 e. The number of aromatic amines is 1. The van der Waals surface area contributed by atoms with E-state index in [-0.39, 0.29) is 75.3 Å². The number of alkyl halides is 3. The number of ketones is 2. The zero-order chi connectivity index (χ0) is 29.6. The van der Waals surface area contributed by atoms with E-state index in [1.54, 1.807) is 6.92 Å². The maximum absolute atomic E-state index is 13.8. The van der Waals surface area contributed by atoms with Gasteiger partial charge in [-0.3, -0.25) is 19.2 Å². The molecule has 1 aromatic carbocycles. The molecule has 0 unspecified atom stereocenters. The second kappa shape index (κ2) is 11.5. The van der Waals surface area contributed by atoms with Crippen LogP contribution < -0.4 is 10.1 Å². The highest BCUT2D eigenvalue weighted by Crippen LogP contribution is 2.44. The van der Waals surface area contributed by atoms with Gasteiger partial charge in [0.2, 0.25) is 5.91 Å². The molecule has 1 saturated heterocycles. The largest absolute Gasteiger partial charge is 0.573 e. The molecule has 8 nitrogen and oxygen atoms in total. The van der Waals surface area contributed by atoms with Crippen molar-refractivity contribution in [2.24, 2.45) is 17.8 Å². The van der Waals surface area contributed by atoms with Crippen molar-refractivity contribution in [2.45, 2.75) is 76.7 Å². The Bertz CT molecular complexity index is 1390. The van der Waals surface area contributed by atoms with Crippen LogP contribution in [0.3, 0.4) is 0 Å². The van der Waals surface area contributed by atoms with Crippen LogP contribution in [0.25, 0.3) is 10.9 Å². The Kier molecular flexibility index (Phi) is 8.31. The van der Waals surface area contributed by atoms with Crippen LogP contribution in [0.2, 0.25) is 10.0 Å². The standard InChI is InChI=1S/C28H30Cl2F3N3O5/c1-2-20(37)18(9-13-5-4-8-21(13)38)35-26(39)25-15-7-3-6-14(15)12-36(25)27(40)19-10-16-22(41-28(31,32)33)11-17(29)23(30)24(16)34-19/h10-11,13-15,18,25,34H,2-9,12H2,1H3,(H,35,39)/t13-,14-,15-,18-,25-/m0/s1. The third-order valence-electron chi connectivity index (χ3n) is 8.65. The Morgan fingerprint density at radius 2 is 1.93 bits per heavy atom. The average molecular weight is 616 g/mol. The first-order chi connectivity index (χ1) is 19.4. The minimum absolute atomic E-state index is 0.00278. The zero-order valence-electron chi connectivity index (χ0n) is 22.3. The van der Waals surface area contributed by atoms with Gasteiger partial charge in [-0.15, -0.1) is 13.2 Å². The summed E-state index contributed by atoms with van der Waals surface area (Å²) in [5.41, 5.74) is -0.0799. The first kappa shape index (κ1) is 29.7. The van der Waals surface area contributed by atoms with Gasteiger partial charge >= 0.3 is 6.36 Å². The molecule has 2 amide bonds. The van der Waals surface area contributed by atoms with Crippen molar-refractivity contribution < 1.29 is 37.1 Å². The van der Waals surface area contributed by atoms with E-state index in [0.717, 1.165) is 31.7 Å². The Balaban J connectivity index is 1.44. The summed E-state index contributed by atoms with van der Waals surface area (Å²) in [6.07, 6.45) is -0.245. The molecule has 1 aliphatic heterocycles. The van der Waals surface area contributed by atoms with Gasteiger partial charge in [-0.25, -0.2) is 0 Å². The number of hydrogen-bond acceptors (Lipinski definition) is 5. The van der Waals surface area contributed by atoms with Crippen LogP contribution in [0.1, 0.15) is 68.8 Å². The number of benzene rings is 1. The summed E-state index contributed by atoms with van der Waals surface area (Å²) in [4.78, 5) is 56.8. The molecule has 2 N–H and O–H groups in total. The number of ether oxygens (including phenoxy) is 1. The van der Waals surface area contributed by atoms with Crippen LogP contribution in [0.4, 0.5) is 13.2 Å². The number of Topliss-reactive ketones (excluding diaryl/α,β-unsaturated/α-hetero) is 2. The van der Waals surface area contributed by atoms with Gasteiger partial charge in [0.1, 0.15) is 23.3 Å². The fourth-order valence-electron chi connectivity index (χ4n) is 6.72. The van der Waals surface area contributed by atoms with Crippen LogP contribution in [0.15, 0.2) is 12.1 Å². The van der Waals surface area contributed by atoms with Gasteiger partial charge in [-0.1, -0.05) is 36.5 Å². The summed E-state index contributed by atoms with van der Waals surface area (Å²) in [5.74, 6) is -2.12. The van der Waals surface area contributed by atoms with Crippen molar-refractivity contribution in [3.63, 3.8) is 0 Å². The predicted octanol–water partition coefficient (Wildman–Crippen LogP) is 5.84. The quantitative estimate of drug-likeness (QED) is 0.388.